The molecule has 3 aromatic rings. The molecule has 160 valence electrons. The second-order valence-electron chi connectivity index (χ2n) is 8.72. The van der Waals surface area contributed by atoms with Crippen molar-refractivity contribution < 1.29 is 9.21 Å². The van der Waals surface area contributed by atoms with Gasteiger partial charge in [0.15, 0.2) is 0 Å². The summed E-state index contributed by atoms with van der Waals surface area (Å²) in [5.74, 6) is 1.36. The first-order valence-electron chi connectivity index (χ1n) is 10.7. The van der Waals surface area contributed by atoms with Crippen LogP contribution >= 0.6 is 0 Å². The van der Waals surface area contributed by atoms with Crippen LogP contribution in [-0.2, 0) is 13.1 Å². The molecule has 0 radical (unpaired) electrons. The van der Waals surface area contributed by atoms with Crippen LogP contribution in [0.2, 0.25) is 0 Å². The predicted molar refractivity (Wildman–Crippen MR) is 117 cm³/mol. The molecule has 5 rings (SSSR count). The summed E-state index contributed by atoms with van der Waals surface area (Å²) >= 11 is 0. The average Bonchev–Trinajstić information content (AvgIpc) is 3.27. The fourth-order valence-corrected chi connectivity index (χ4v) is 4.93. The minimum Gasteiger partial charge on any atom is -0.472 e. The Morgan fingerprint density at radius 2 is 2.06 bits per heavy atom. The molecule has 0 unspecified atom stereocenters. The molecule has 0 aromatic carbocycles. The molecule has 0 saturated carbocycles. The SMILES string of the molecule is Cc1cccc(N2C[C@@H]3C[C@H](C2)c2ccc(C(=O)N(C)Cc4ccoc4)c(=O)n2C3)n1. The molecule has 1 amide bonds. The first-order valence-corrected chi connectivity index (χ1v) is 10.7. The van der Waals surface area contributed by atoms with Crippen molar-refractivity contribution in [3.63, 3.8) is 0 Å². The number of carbonyl (C=O) groups is 1. The van der Waals surface area contributed by atoms with E-state index >= 15 is 0 Å². The topological polar surface area (TPSA) is 71.6 Å². The van der Waals surface area contributed by atoms with Crippen molar-refractivity contribution in [1.82, 2.24) is 14.5 Å². The molecule has 0 N–H and O–H groups in total. The summed E-state index contributed by atoms with van der Waals surface area (Å²) in [5, 5.41) is 0. The first kappa shape index (κ1) is 19.6. The van der Waals surface area contributed by atoms with Crippen molar-refractivity contribution in [3.05, 3.63) is 81.8 Å². The zero-order valence-corrected chi connectivity index (χ0v) is 17.8. The molecule has 5 heterocycles. The second kappa shape index (κ2) is 7.72. The maximum absolute atomic E-state index is 13.3. The molecule has 0 aliphatic carbocycles. The van der Waals surface area contributed by atoms with Crippen molar-refractivity contribution in [2.45, 2.75) is 32.4 Å². The van der Waals surface area contributed by atoms with Gasteiger partial charge in [-0.25, -0.2) is 4.98 Å². The van der Waals surface area contributed by atoms with Crippen LogP contribution in [0.4, 0.5) is 5.82 Å². The van der Waals surface area contributed by atoms with E-state index in [1.807, 2.05) is 35.8 Å². The van der Waals surface area contributed by atoms with Gasteiger partial charge < -0.3 is 18.8 Å². The summed E-state index contributed by atoms with van der Waals surface area (Å²) in [6.45, 7) is 4.75. The van der Waals surface area contributed by atoms with Crippen LogP contribution in [0.3, 0.4) is 0 Å². The van der Waals surface area contributed by atoms with E-state index in [0.29, 0.717) is 19.0 Å². The number of aryl methyl sites for hydroxylation is 1. The van der Waals surface area contributed by atoms with E-state index in [1.165, 1.54) is 0 Å². The molecule has 2 aliphatic rings. The third-order valence-electron chi connectivity index (χ3n) is 6.38. The normalized spacial score (nSPS) is 19.7. The number of hydrogen-bond donors (Lipinski definition) is 0. The number of fused-ring (bicyclic) bond motifs is 4. The number of furan rings is 1. The minimum atomic E-state index is -0.261. The van der Waals surface area contributed by atoms with Gasteiger partial charge in [0.1, 0.15) is 11.4 Å². The van der Waals surface area contributed by atoms with Gasteiger partial charge in [0, 0.05) is 56.1 Å². The van der Waals surface area contributed by atoms with Crippen LogP contribution < -0.4 is 10.5 Å². The molecule has 7 heteroatoms. The number of nitrogens with zero attached hydrogens (tertiary/aromatic N) is 4. The number of anilines is 1. The summed E-state index contributed by atoms with van der Waals surface area (Å²) in [7, 11) is 1.71. The molecule has 3 aromatic heterocycles. The lowest BCUT2D eigenvalue weighted by Gasteiger charge is -2.43. The lowest BCUT2D eigenvalue weighted by molar-refractivity contribution is 0.0781. The minimum absolute atomic E-state index is 0.182. The Kier molecular flexibility index (Phi) is 4.88. The van der Waals surface area contributed by atoms with Crippen molar-refractivity contribution >= 4 is 11.7 Å². The van der Waals surface area contributed by atoms with Crippen molar-refractivity contribution in [1.29, 1.82) is 0 Å². The summed E-state index contributed by atoms with van der Waals surface area (Å²) in [6, 6.07) is 11.6. The molecule has 0 spiro atoms. The number of pyridine rings is 2. The number of aromatic nitrogens is 2. The molecule has 1 fully saturated rings. The number of piperidine rings is 1. The zero-order chi connectivity index (χ0) is 21.5. The summed E-state index contributed by atoms with van der Waals surface area (Å²) in [6.07, 6.45) is 4.25. The molecule has 7 nitrogen and oxygen atoms in total. The van der Waals surface area contributed by atoms with E-state index in [9.17, 15) is 9.59 Å². The van der Waals surface area contributed by atoms with Crippen LogP contribution in [0.1, 0.15) is 39.6 Å². The predicted octanol–water partition coefficient (Wildman–Crippen LogP) is 3.04. The highest BCUT2D eigenvalue weighted by Crippen LogP contribution is 2.36. The van der Waals surface area contributed by atoms with Gasteiger partial charge >= 0.3 is 0 Å². The number of hydrogen-bond acceptors (Lipinski definition) is 5. The molecule has 31 heavy (non-hydrogen) atoms. The standard InChI is InChI=1S/C24H26N4O3/c1-16-4-3-5-22(25-16)27-12-18-10-19(14-27)21-7-6-20(24(30)28(21)13-18)23(29)26(2)11-17-8-9-31-15-17/h3-9,15,18-19H,10-14H2,1-2H3/t18-,19+/m0/s1. The zero-order valence-electron chi connectivity index (χ0n) is 17.8. The van der Waals surface area contributed by atoms with E-state index in [2.05, 4.69) is 16.0 Å². The van der Waals surface area contributed by atoms with Gasteiger partial charge in [0.25, 0.3) is 11.5 Å². The van der Waals surface area contributed by atoms with E-state index in [0.717, 1.165) is 42.3 Å². The Bertz CT molecular complexity index is 1170. The van der Waals surface area contributed by atoms with E-state index in [-0.39, 0.29) is 22.9 Å². The van der Waals surface area contributed by atoms with Crippen LogP contribution in [0.5, 0.6) is 0 Å². The highest BCUT2D eigenvalue weighted by atomic mass is 16.3. The van der Waals surface area contributed by atoms with Gasteiger partial charge in [-0.2, -0.15) is 0 Å². The number of rotatable bonds is 4. The molecule has 2 bridgehead atoms. The van der Waals surface area contributed by atoms with Crippen LogP contribution in [0.15, 0.2) is 58.1 Å². The fraction of sp³-hybridized carbons (Fsp3) is 0.375. The molecule has 1 saturated heterocycles. The molecule has 2 aliphatic heterocycles. The van der Waals surface area contributed by atoms with Crippen molar-refractivity contribution in [2.75, 3.05) is 25.0 Å². The smallest absolute Gasteiger partial charge is 0.263 e. The van der Waals surface area contributed by atoms with Gasteiger partial charge in [-0.1, -0.05) is 6.07 Å². The Morgan fingerprint density at radius 3 is 2.84 bits per heavy atom. The molecular weight excluding hydrogens is 392 g/mol. The molecule has 2 atom stereocenters. The summed E-state index contributed by atoms with van der Waals surface area (Å²) in [5.41, 5.74) is 2.97. The number of carbonyl (C=O) groups excluding carboxylic acids is 1. The maximum atomic E-state index is 13.3. The lowest BCUT2D eigenvalue weighted by atomic mass is 9.83. The fourth-order valence-electron chi connectivity index (χ4n) is 4.93. The Labute approximate surface area is 180 Å². The average molecular weight is 418 g/mol. The Morgan fingerprint density at radius 1 is 1.19 bits per heavy atom. The van der Waals surface area contributed by atoms with Crippen LogP contribution in [0, 0.1) is 12.8 Å². The van der Waals surface area contributed by atoms with Gasteiger partial charge in [-0.05, 0) is 49.6 Å². The van der Waals surface area contributed by atoms with Crippen molar-refractivity contribution in [3.8, 4) is 0 Å². The number of amides is 1. The summed E-state index contributed by atoms with van der Waals surface area (Å²) in [4.78, 5) is 34.8. The largest absolute Gasteiger partial charge is 0.472 e. The van der Waals surface area contributed by atoms with E-state index < -0.39 is 0 Å². The third-order valence-corrected chi connectivity index (χ3v) is 6.38. The van der Waals surface area contributed by atoms with Gasteiger partial charge in [0.05, 0.1) is 12.5 Å². The highest BCUT2D eigenvalue weighted by Gasteiger charge is 2.36. The monoisotopic (exact) mass is 418 g/mol. The Hall–Kier alpha value is -3.35. The van der Waals surface area contributed by atoms with E-state index in [1.54, 1.807) is 30.5 Å². The van der Waals surface area contributed by atoms with Crippen LogP contribution in [0.25, 0.3) is 0 Å². The third kappa shape index (κ3) is 3.65. The maximum Gasteiger partial charge on any atom is 0.263 e. The van der Waals surface area contributed by atoms with Crippen LogP contribution in [-0.4, -0.2) is 40.5 Å². The van der Waals surface area contributed by atoms with Gasteiger partial charge in [-0.15, -0.1) is 0 Å². The highest BCUT2D eigenvalue weighted by molar-refractivity contribution is 5.93. The summed E-state index contributed by atoms with van der Waals surface area (Å²) < 4.78 is 6.91. The van der Waals surface area contributed by atoms with Gasteiger partial charge in [0.2, 0.25) is 0 Å². The van der Waals surface area contributed by atoms with Crippen molar-refractivity contribution in [2.24, 2.45) is 5.92 Å². The molecular formula is C24H26N4O3. The first-order chi connectivity index (χ1) is 15.0. The Balaban J connectivity index is 1.40. The quantitative estimate of drug-likeness (QED) is 0.651. The second-order valence-corrected chi connectivity index (χ2v) is 8.72. The van der Waals surface area contributed by atoms with E-state index in [4.69, 9.17) is 4.42 Å². The lowest BCUT2D eigenvalue weighted by Crippen LogP contribution is -2.48. The van der Waals surface area contributed by atoms with Gasteiger partial charge in [-0.3, -0.25) is 9.59 Å².